The molecule has 3 aliphatic rings. The molecule has 16 nitrogen and oxygen atoms in total. The van der Waals surface area contributed by atoms with Gasteiger partial charge in [-0.1, -0.05) is 54.6 Å². The Morgan fingerprint density at radius 3 is 2.52 bits per heavy atom. The highest BCUT2D eigenvalue weighted by Crippen LogP contribution is 2.60. The number of fused-ring (bicyclic) bond motifs is 3. The minimum absolute atomic E-state index is 0.0702. The lowest BCUT2D eigenvalue weighted by Crippen LogP contribution is -2.49. The second-order valence-electron chi connectivity index (χ2n) is 17.8. The molecule has 0 radical (unpaired) electrons. The van der Waals surface area contributed by atoms with Crippen LogP contribution >= 0.6 is 0 Å². The Hall–Kier alpha value is -5.82. The van der Waals surface area contributed by atoms with Crippen LogP contribution < -0.4 is 19.9 Å². The van der Waals surface area contributed by atoms with Crippen molar-refractivity contribution < 1.29 is 39.0 Å². The summed E-state index contributed by atoms with van der Waals surface area (Å²) in [5, 5.41) is 44.0. The number of rotatable bonds is 18. The van der Waals surface area contributed by atoms with Crippen LogP contribution in [0.5, 0.6) is 5.75 Å². The number of nitro benzene ring substituents is 1. The van der Waals surface area contributed by atoms with Crippen LogP contribution in [0.4, 0.5) is 22.7 Å². The molecule has 1 fully saturated rings. The smallest absolute Gasteiger partial charge is 0.269 e. The summed E-state index contributed by atoms with van der Waals surface area (Å²) in [6.45, 7) is 8.84. The molecule has 1 aromatic heterocycles. The van der Waals surface area contributed by atoms with Crippen LogP contribution in [0.15, 0.2) is 97.2 Å². The summed E-state index contributed by atoms with van der Waals surface area (Å²) >= 11 is 0. The van der Waals surface area contributed by atoms with E-state index in [0.29, 0.717) is 79.3 Å². The Kier molecular flexibility index (Phi) is 13.3. The van der Waals surface area contributed by atoms with Crippen molar-refractivity contribution in [2.24, 2.45) is 5.92 Å². The number of hydrogen-bond acceptors (Lipinski definition) is 12. The van der Waals surface area contributed by atoms with Crippen molar-refractivity contribution in [1.29, 1.82) is 0 Å². The number of amides is 2. The maximum absolute atomic E-state index is 15.3. The summed E-state index contributed by atoms with van der Waals surface area (Å²) in [7, 11) is -3.09. The van der Waals surface area contributed by atoms with E-state index in [9.17, 15) is 29.9 Å². The minimum atomic E-state index is -3.09. The molecule has 17 heteroatoms. The molecule has 1 spiro atoms. The summed E-state index contributed by atoms with van der Waals surface area (Å²) in [5.74, 6) is -0.754. The van der Waals surface area contributed by atoms with E-state index >= 15 is 4.79 Å². The van der Waals surface area contributed by atoms with Crippen molar-refractivity contribution >= 4 is 42.9 Å². The van der Waals surface area contributed by atoms with Gasteiger partial charge in [0.1, 0.15) is 5.75 Å². The van der Waals surface area contributed by atoms with Gasteiger partial charge in [0.25, 0.3) is 11.6 Å². The summed E-state index contributed by atoms with van der Waals surface area (Å²) in [4.78, 5) is 56.6. The van der Waals surface area contributed by atoms with E-state index in [4.69, 9.17) is 9.47 Å². The van der Waals surface area contributed by atoms with Gasteiger partial charge >= 0.3 is 0 Å². The summed E-state index contributed by atoms with van der Waals surface area (Å²) in [6.07, 6.45) is 3.32. The number of nitrogens with one attached hydrogen (secondary N) is 1. The zero-order valence-corrected chi connectivity index (χ0v) is 38.2. The quantitative estimate of drug-likeness (QED) is 0.0341. The molecule has 3 aliphatic heterocycles. The van der Waals surface area contributed by atoms with Crippen LogP contribution in [0, 0.1) is 16.0 Å². The molecule has 4 heterocycles. The lowest BCUT2D eigenvalue weighted by atomic mass is 9.82. The van der Waals surface area contributed by atoms with E-state index in [-0.39, 0.29) is 43.2 Å². The third kappa shape index (κ3) is 8.83. The number of aliphatic hydroxyl groups excluding tert-OH is 2. The van der Waals surface area contributed by atoms with Gasteiger partial charge in [-0.15, -0.1) is 5.10 Å². The maximum atomic E-state index is 15.3. The van der Waals surface area contributed by atoms with Crippen LogP contribution in [0.3, 0.4) is 0 Å². The first-order valence-corrected chi connectivity index (χ1v) is 25.4. The molecule has 4 N–H and O–H groups in total. The molecule has 0 saturated carbocycles. The molecule has 8 rings (SSSR count). The molecule has 2 amide bonds. The topological polar surface area (TPSA) is 206 Å². The minimum Gasteiger partial charge on any atom is -0.494 e. The Labute approximate surface area is 379 Å². The standard InChI is InChI=1S/C48H57N7O9Si/c1-5-63-37-17-19-42-34(25-37)26-40(49-21-9-10-23-56)46(58)54(42)35-15-11-12-32(24-35)28-53-43-18-16-36(55(60)61)27-39(43)48(47(53)59)31(2)45(65(3,4)62)44(64-48)20-22-52-29-41(50-51-52)38(30-57)33-13-7-6-8-14-33/h6-8,11-19,24-25,27,29,31,38,40,44-45,49,56-57,62H,5,9-10,20-23,26,28,30H2,1-4H3/t31-,38?,40?,44+,45-,48+/m1/s1. The van der Waals surface area contributed by atoms with Crippen LogP contribution in [0.25, 0.3) is 0 Å². The third-order valence-corrected chi connectivity index (χ3v) is 15.7. The predicted octanol–water partition coefficient (Wildman–Crippen LogP) is 6.10. The Balaban J connectivity index is 1.10. The fourth-order valence-corrected chi connectivity index (χ4v) is 12.8. The summed E-state index contributed by atoms with van der Waals surface area (Å²) < 4.78 is 14.5. The van der Waals surface area contributed by atoms with Gasteiger partial charge in [-0.2, -0.15) is 0 Å². The Morgan fingerprint density at radius 2 is 1.80 bits per heavy atom. The van der Waals surface area contributed by atoms with Crippen molar-refractivity contribution in [3.8, 4) is 5.75 Å². The Bertz CT molecular complexity index is 2530. The monoisotopic (exact) mass is 903 g/mol. The van der Waals surface area contributed by atoms with Gasteiger partial charge in [0.2, 0.25) is 5.91 Å². The number of benzene rings is 4. The molecular weight excluding hydrogens is 847 g/mol. The number of aryl methyl sites for hydroxylation is 1. The highest BCUT2D eigenvalue weighted by Gasteiger charge is 2.66. The molecule has 0 aliphatic carbocycles. The van der Waals surface area contributed by atoms with Crippen molar-refractivity contribution in [1.82, 2.24) is 20.3 Å². The average Bonchev–Trinajstić information content (AvgIpc) is 3.95. The number of unbranched alkanes of at least 4 members (excludes halogenated alkanes) is 1. The molecule has 65 heavy (non-hydrogen) atoms. The van der Waals surface area contributed by atoms with Gasteiger partial charge in [-0.05, 0) is 105 Å². The zero-order valence-electron chi connectivity index (χ0n) is 37.2. The van der Waals surface area contributed by atoms with Crippen molar-refractivity contribution in [2.75, 3.05) is 36.2 Å². The lowest BCUT2D eigenvalue weighted by molar-refractivity contribution is -0.385. The molecular formula is C48H57N7O9Si. The highest BCUT2D eigenvalue weighted by atomic mass is 28.4. The van der Waals surface area contributed by atoms with Crippen LogP contribution in [0.1, 0.15) is 67.0 Å². The molecule has 1 saturated heterocycles. The first kappa shape index (κ1) is 45.7. The van der Waals surface area contributed by atoms with Gasteiger partial charge < -0.3 is 34.7 Å². The number of non-ortho nitro benzene ring substituents is 1. The molecule has 2 unspecified atom stereocenters. The Morgan fingerprint density at radius 1 is 1.02 bits per heavy atom. The van der Waals surface area contributed by atoms with Crippen molar-refractivity contribution in [3.05, 3.63) is 135 Å². The lowest BCUT2D eigenvalue weighted by Gasteiger charge is -2.35. The normalized spacial score (nSPS) is 22.1. The molecule has 6 atom stereocenters. The van der Waals surface area contributed by atoms with E-state index in [2.05, 4.69) is 15.6 Å². The SMILES string of the molecule is CCOc1ccc2c(c1)CC(NCCCCO)C(=O)N2c1cccc(CN2C(=O)[C@@]3(O[C@@H](CCn4cc(C(CO)c5ccccc5)nn4)[C@H]([Si](C)(C)O)[C@H]3C)c3cc([N+](=O)[O-])ccc32)c1. The number of ether oxygens (including phenoxy) is 2. The number of aliphatic hydroxyl groups is 2. The van der Waals surface area contributed by atoms with Gasteiger partial charge in [-0.25, -0.2) is 0 Å². The van der Waals surface area contributed by atoms with E-state index in [1.807, 2.05) is 99.7 Å². The fraction of sp³-hybridized carbons (Fsp3) is 0.417. The second-order valence-corrected chi connectivity index (χ2v) is 21.7. The van der Waals surface area contributed by atoms with E-state index in [1.165, 1.54) is 12.1 Å². The number of carbonyl (C=O) groups is 2. The van der Waals surface area contributed by atoms with E-state index in [0.717, 1.165) is 16.8 Å². The molecule has 5 aromatic rings. The van der Waals surface area contributed by atoms with Gasteiger partial charge in [0.05, 0.1) is 59.8 Å². The van der Waals surface area contributed by atoms with E-state index in [1.54, 1.807) is 26.7 Å². The number of hydrogen-bond donors (Lipinski definition) is 4. The van der Waals surface area contributed by atoms with Crippen LogP contribution in [-0.4, -0.2) is 93.6 Å². The average molecular weight is 904 g/mol. The van der Waals surface area contributed by atoms with Crippen LogP contribution in [-0.2, 0) is 39.4 Å². The van der Waals surface area contributed by atoms with Gasteiger partial charge in [0.15, 0.2) is 13.9 Å². The van der Waals surface area contributed by atoms with E-state index < -0.39 is 42.4 Å². The zero-order chi connectivity index (χ0) is 46.0. The predicted molar refractivity (Wildman–Crippen MR) is 246 cm³/mol. The van der Waals surface area contributed by atoms with Gasteiger partial charge in [0, 0.05) is 54.2 Å². The number of anilines is 3. The molecule has 0 bridgehead atoms. The molecule has 4 aromatic carbocycles. The number of nitro groups is 1. The number of carbonyl (C=O) groups excluding carboxylic acids is 2. The van der Waals surface area contributed by atoms with Gasteiger partial charge in [-0.3, -0.25) is 29.3 Å². The van der Waals surface area contributed by atoms with Crippen LogP contribution in [0.2, 0.25) is 18.6 Å². The fourth-order valence-electron chi connectivity index (χ4n) is 10.2. The highest BCUT2D eigenvalue weighted by molar-refractivity contribution is 6.71. The second kappa shape index (κ2) is 19.0. The number of aromatic nitrogens is 3. The summed E-state index contributed by atoms with van der Waals surface area (Å²) in [5.41, 5.74) is 3.07. The largest absolute Gasteiger partial charge is 0.494 e. The first-order chi connectivity index (χ1) is 31.3. The van der Waals surface area contributed by atoms with Crippen molar-refractivity contribution in [3.63, 3.8) is 0 Å². The molecule has 342 valence electrons. The number of nitrogens with zero attached hydrogens (tertiary/aromatic N) is 6. The summed E-state index contributed by atoms with van der Waals surface area (Å²) in [6, 6.07) is 26.6. The maximum Gasteiger partial charge on any atom is 0.269 e. The first-order valence-electron chi connectivity index (χ1n) is 22.4. The van der Waals surface area contributed by atoms with Crippen molar-refractivity contribution in [2.45, 2.75) is 94.9 Å². The third-order valence-electron chi connectivity index (χ3n) is 13.1.